The molecule has 0 N–H and O–H groups in total. The van der Waals surface area contributed by atoms with E-state index in [0.29, 0.717) is 0 Å². The van der Waals surface area contributed by atoms with Crippen molar-refractivity contribution in [1.82, 2.24) is 0 Å². The van der Waals surface area contributed by atoms with Gasteiger partial charge in [0, 0.05) is 4.90 Å². The van der Waals surface area contributed by atoms with Crippen LogP contribution < -0.4 is 0 Å². The SMILES string of the molecule is Cc1ccc(Sc2ccc(S)s2)cc1.FC(F)F. The molecule has 0 unspecified atom stereocenters. The van der Waals surface area contributed by atoms with Gasteiger partial charge in [0.25, 0.3) is 0 Å². The number of halogens is 3. The Labute approximate surface area is 118 Å². The highest BCUT2D eigenvalue weighted by Crippen LogP contribution is 2.34. The number of thiol groups is 1. The third-order valence-corrected chi connectivity index (χ3v) is 4.26. The summed E-state index contributed by atoms with van der Waals surface area (Å²) in [5.74, 6) is 0. The Bertz CT molecular complexity index is 463. The summed E-state index contributed by atoms with van der Waals surface area (Å²) in [6, 6.07) is 12.7. The largest absolute Gasteiger partial charge is 0.379 e. The Hall–Kier alpha value is -0.590. The lowest BCUT2D eigenvalue weighted by Gasteiger charge is -1.98. The molecule has 0 atom stereocenters. The first-order chi connectivity index (χ1) is 8.47. The molecule has 0 saturated heterocycles. The van der Waals surface area contributed by atoms with Crippen LogP contribution in [0.3, 0.4) is 0 Å². The van der Waals surface area contributed by atoms with E-state index in [-0.39, 0.29) is 0 Å². The maximum absolute atomic E-state index is 9.67. The second-order valence-corrected chi connectivity index (χ2v) is 6.50. The van der Waals surface area contributed by atoms with Gasteiger partial charge in [-0.25, -0.2) is 0 Å². The van der Waals surface area contributed by atoms with Crippen molar-refractivity contribution in [3.05, 3.63) is 42.0 Å². The molecule has 2 aromatic rings. The second kappa shape index (κ2) is 7.76. The molecule has 1 heterocycles. The smallest absolute Gasteiger partial charge is 0.174 e. The van der Waals surface area contributed by atoms with Gasteiger partial charge in [-0.15, -0.1) is 24.0 Å². The Morgan fingerprint density at radius 1 is 1.06 bits per heavy atom. The molecule has 1 aromatic heterocycles. The van der Waals surface area contributed by atoms with E-state index in [1.165, 1.54) is 14.7 Å². The van der Waals surface area contributed by atoms with Crippen molar-refractivity contribution < 1.29 is 13.2 Å². The van der Waals surface area contributed by atoms with Gasteiger partial charge in [0.05, 0.1) is 8.42 Å². The van der Waals surface area contributed by atoms with Crippen LogP contribution in [-0.2, 0) is 0 Å². The van der Waals surface area contributed by atoms with Gasteiger partial charge in [-0.1, -0.05) is 29.5 Å². The Morgan fingerprint density at radius 3 is 2.06 bits per heavy atom. The predicted molar refractivity (Wildman–Crippen MR) is 74.0 cm³/mol. The molecule has 0 radical (unpaired) electrons. The molecule has 0 aliphatic heterocycles. The number of benzene rings is 1. The zero-order chi connectivity index (χ0) is 13.5. The first-order valence-electron chi connectivity index (χ1n) is 4.93. The Balaban J connectivity index is 0.000000357. The third-order valence-electron chi connectivity index (χ3n) is 1.81. The van der Waals surface area contributed by atoms with E-state index in [9.17, 15) is 13.2 Å². The van der Waals surface area contributed by atoms with Crippen LogP contribution in [0.2, 0.25) is 0 Å². The molecular weight excluding hydrogens is 297 g/mol. The minimum absolute atomic E-state index is 1.07. The van der Waals surface area contributed by atoms with Crippen LogP contribution in [0.25, 0.3) is 0 Å². The molecule has 2 rings (SSSR count). The lowest BCUT2D eigenvalue weighted by molar-refractivity contribution is 0.00819. The molecule has 0 bridgehead atoms. The van der Waals surface area contributed by atoms with Crippen molar-refractivity contribution >= 4 is 35.7 Å². The van der Waals surface area contributed by atoms with Crippen LogP contribution in [-0.4, -0.2) is 6.68 Å². The average Bonchev–Trinajstić information content (AvgIpc) is 2.67. The molecule has 0 aliphatic rings. The standard InChI is InChI=1S/C11H10S3.CHF3/c1-8-2-4-9(5-3-8)13-11-7-6-10(12)14-11;2-1(3)4/h2-7,12H,1H3;1H. The van der Waals surface area contributed by atoms with Crippen molar-refractivity contribution in [2.45, 2.75) is 26.9 Å². The van der Waals surface area contributed by atoms with Gasteiger partial charge in [-0.05, 0) is 31.2 Å². The van der Waals surface area contributed by atoms with Crippen LogP contribution in [0.15, 0.2) is 49.7 Å². The summed E-state index contributed by atoms with van der Waals surface area (Å²) in [6.45, 7) is -1.56. The minimum atomic E-state index is -3.67. The molecule has 6 heteroatoms. The van der Waals surface area contributed by atoms with Gasteiger partial charge in [-0.3, -0.25) is 0 Å². The molecule has 18 heavy (non-hydrogen) atoms. The molecule has 0 fully saturated rings. The average molecular weight is 308 g/mol. The normalized spacial score (nSPS) is 10.1. The highest BCUT2D eigenvalue weighted by molar-refractivity contribution is 8.01. The lowest BCUT2D eigenvalue weighted by Crippen LogP contribution is -1.71. The second-order valence-electron chi connectivity index (χ2n) is 3.26. The molecule has 98 valence electrons. The van der Waals surface area contributed by atoms with Crippen LogP contribution >= 0.6 is 35.7 Å². The quantitative estimate of drug-likeness (QED) is 0.697. The number of hydrogen-bond acceptors (Lipinski definition) is 3. The van der Waals surface area contributed by atoms with E-state index in [4.69, 9.17) is 0 Å². The lowest BCUT2D eigenvalue weighted by atomic mass is 10.2. The van der Waals surface area contributed by atoms with E-state index in [1.807, 2.05) is 6.07 Å². The van der Waals surface area contributed by atoms with E-state index in [2.05, 4.69) is 49.9 Å². The van der Waals surface area contributed by atoms with Crippen molar-refractivity contribution in [2.24, 2.45) is 0 Å². The molecular formula is C12H11F3S3. The van der Waals surface area contributed by atoms with Crippen molar-refractivity contribution in [3.63, 3.8) is 0 Å². The first-order valence-corrected chi connectivity index (χ1v) is 7.01. The van der Waals surface area contributed by atoms with Gasteiger partial charge in [0.1, 0.15) is 0 Å². The summed E-state index contributed by atoms with van der Waals surface area (Å²) in [4.78, 5) is 1.28. The number of aryl methyl sites for hydroxylation is 1. The summed E-state index contributed by atoms with van der Waals surface area (Å²) in [7, 11) is 0. The highest BCUT2D eigenvalue weighted by atomic mass is 32.2. The minimum Gasteiger partial charge on any atom is -0.174 e. The van der Waals surface area contributed by atoms with Crippen LogP contribution in [0.5, 0.6) is 0 Å². The van der Waals surface area contributed by atoms with Gasteiger partial charge in [-0.2, -0.15) is 13.2 Å². The van der Waals surface area contributed by atoms with Gasteiger partial charge >= 0.3 is 6.68 Å². The van der Waals surface area contributed by atoms with Crippen LogP contribution in [0.1, 0.15) is 5.56 Å². The Morgan fingerprint density at radius 2 is 1.61 bits per heavy atom. The van der Waals surface area contributed by atoms with Crippen molar-refractivity contribution in [3.8, 4) is 0 Å². The number of thiophene rings is 1. The Kier molecular flexibility index (Phi) is 6.67. The predicted octanol–water partition coefficient (Wildman–Crippen LogP) is 5.67. The molecule has 0 saturated carbocycles. The maximum atomic E-state index is 9.67. The van der Waals surface area contributed by atoms with E-state index in [0.717, 1.165) is 4.21 Å². The fourth-order valence-corrected chi connectivity index (χ4v) is 3.49. The van der Waals surface area contributed by atoms with Crippen LogP contribution in [0, 0.1) is 6.92 Å². The number of hydrogen-bond donors (Lipinski definition) is 1. The molecule has 0 spiro atoms. The molecule has 0 amide bonds. The number of rotatable bonds is 2. The first kappa shape index (κ1) is 15.5. The van der Waals surface area contributed by atoms with Gasteiger partial charge in [0.15, 0.2) is 0 Å². The third kappa shape index (κ3) is 6.37. The molecule has 0 aliphatic carbocycles. The van der Waals surface area contributed by atoms with Crippen LogP contribution in [0.4, 0.5) is 13.2 Å². The van der Waals surface area contributed by atoms with Crippen molar-refractivity contribution in [2.75, 3.05) is 0 Å². The fraction of sp³-hybridized carbons (Fsp3) is 0.167. The maximum Gasteiger partial charge on any atom is 0.379 e. The number of alkyl halides is 3. The molecule has 0 nitrogen and oxygen atoms in total. The topological polar surface area (TPSA) is 0 Å². The fourth-order valence-electron chi connectivity index (χ4n) is 1.09. The summed E-state index contributed by atoms with van der Waals surface area (Å²) in [5.41, 5.74) is 1.30. The zero-order valence-electron chi connectivity index (χ0n) is 9.44. The van der Waals surface area contributed by atoms with E-state index >= 15 is 0 Å². The molecule has 1 aromatic carbocycles. The van der Waals surface area contributed by atoms with Gasteiger partial charge < -0.3 is 0 Å². The monoisotopic (exact) mass is 308 g/mol. The van der Waals surface area contributed by atoms with E-state index in [1.54, 1.807) is 23.1 Å². The zero-order valence-corrected chi connectivity index (χ0v) is 12.0. The summed E-state index contributed by atoms with van der Waals surface area (Å²) < 4.78 is 31.4. The van der Waals surface area contributed by atoms with Gasteiger partial charge in [0.2, 0.25) is 0 Å². The summed E-state index contributed by atoms with van der Waals surface area (Å²) in [6.07, 6.45) is 0. The summed E-state index contributed by atoms with van der Waals surface area (Å²) >= 11 is 7.79. The van der Waals surface area contributed by atoms with E-state index < -0.39 is 6.68 Å². The van der Waals surface area contributed by atoms with Crippen molar-refractivity contribution in [1.29, 1.82) is 0 Å². The summed E-state index contributed by atoms with van der Waals surface area (Å²) in [5, 5.41) is 0. The highest BCUT2D eigenvalue weighted by Gasteiger charge is 1.99.